The van der Waals surface area contributed by atoms with Crippen LogP contribution in [-0.2, 0) is 22.4 Å². The molecule has 0 spiro atoms. The van der Waals surface area contributed by atoms with Gasteiger partial charge >= 0.3 is 0 Å². The van der Waals surface area contributed by atoms with E-state index in [1.165, 1.54) is 0 Å². The second kappa shape index (κ2) is 9.50. The monoisotopic (exact) mass is 225 g/mol. The van der Waals surface area contributed by atoms with E-state index < -0.39 is 10.8 Å². The first-order valence-electron chi connectivity index (χ1n) is 0.463. The molecular formula is AgCl2O3-2. The summed E-state index contributed by atoms with van der Waals surface area (Å²) in [5.74, 6) is 0. The van der Waals surface area contributed by atoms with Crippen LogP contribution in [0.25, 0.3) is 0 Å². The van der Waals surface area contributed by atoms with Gasteiger partial charge in [-0.25, -0.2) is 0 Å². The minimum absolute atomic E-state index is 0. The zero-order valence-corrected chi connectivity index (χ0v) is 5.28. The van der Waals surface area contributed by atoms with Crippen molar-refractivity contribution < 1.29 is 59.5 Å². The summed E-state index contributed by atoms with van der Waals surface area (Å²) in [4.78, 5) is 0. The molecule has 45 valence electrons. The maximum Gasteiger partial charge on any atom is 0.0695 e. The summed E-state index contributed by atoms with van der Waals surface area (Å²) in [5, 5.41) is 0. The molecule has 6 heavy (non-hydrogen) atoms. The van der Waals surface area contributed by atoms with Crippen molar-refractivity contribution in [3.05, 3.63) is 0 Å². The van der Waals surface area contributed by atoms with Crippen LogP contribution in [0.3, 0.4) is 0 Å². The van der Waals surface area contributed by atoms with Crippen LogP contribution in [0.2, 0.25) is 0 Å². The topological polar surface area (TPSA) is 69.2 Å². The van der Waals surface area contributed by atoms with Gasteiger partial charge in [0, 0.05) is 22.4 Å². The third kappa shape index (κ3) is 63.7. The Bertz CT molecular complexity index is 13.5. The molecule has 6 heteroatoms. The van der Waals surface area contributed by atoms with Gasteiger partial charge in [0.05, 0.1) is 10.8 Å². The second-order valence-electron chi connectivity index (χ2n) is 0.189. The molecule has 0 aliphatic carbocycles. The zero-order valence-electron chi connectivity index (χ0n) is 2.28. The minimum atomic E-state index is -2.85. The Morgan fingerprint density at radius 3 is 1.00 bits per heavy atom. The van der Waals surface area contributed by atoms with Crippen molar-refractivity contribution in [2.75, 3.05) is 0 Å². The van der Waals surface area contributed by atoms with E-state index in [9.17, 15) is 0 Å². The van der Waals surface area contributed by atoms with Crippen molar-refractivity contribution in [3.8, 4) is 0 Å². The van der Waals surface area contributed by atoms with E-state index in [1.807, 2.05) is 0 Å². The average molecular weight is 227 g/mol. The molecule has 0 rings (SSSR count). The van der Waals surface area contributed by atoms with E-state index in [1.54, 1.807) is 0 Å². The smallest absolute Gasteiger partial charge is 0.0695 e. The molecule has 0 bridgehead atoms. The van der Waals surface area contributed by atoms with Gasteiger partial charge in [0.2, 0.25) is 0 Å². The van der Waals surface area contributed by atoms with Gasteiger partial charge in [0.1, 0.15) is 0 Å². The fourth-order valence-corrected chi connectivity index (χ4v) is 0. The molecule has 0 aliphatic rings. The van der Waals surface area contributed by atoms with E-state index in [0.717, 1.165) is 0 Å². The molecule has 3 nitrogen and oxygen atoms in total. The van der Waals surface area contributed by atoms with Crippen LogP contribution in [0.15, 0.2) is 0 Å². The maximum atomic E-state index is 8.41. The summed E-state index contributed by atoms with van der Waals surface area (Å²) < 4.78 is 25.2. The van der Waals surface area contributed by atoms with Gasteiger partial charge in [-0.1, -0.05) is 0 Å². The first kappa shape index (κ1) is 15.7. The molecule has 0 aromatic rings. The summed E-state index contributed by atoms with van der Waals surface area (Å²) in [6.45, 7) is 0. The van der Waals surface area contributed by atoms with Gasteiger partial charge in [-0.2, -0.15) is 0 Å². The van der Waals surface area contributed by atoms with Crippen LogP contribution < -0.4 is 26.4 Å². The molecule has 0 aliphatic heterocycles. The summed E-state index contributed by atoms with van der Waals surface area (Å²) in [6.07, 6.45) is 0. The van der Waals surface area contributed by atoms with Crippen LogP contribution in [0.1, 0.15) is 0 Å². The quantitative estimate of drug-likeness (QED) is 0.386. The average Bonchev–Trinajstić information content (AvgIpc) is 0.811. The van der Waals surface area contributed by atoms with Gasteiger partial charge in [-0.3, -0.25) is 0 Å². The Kier molecular flexibility index (Phi) is 24.9. The van der Waals surface area contributed by atoms with E-state index in [4.69, 9.17) is 14.0 Å². The Labute approximate surface area is 59.7 Å². The zero-order chi connectivity index (χ0) is 3.58. The van der Waals surface area contributed by atoms with Gasteiger partial charge < -0.3 is 26.4 Å². The standard InChI is InChI=1S/Ag.ClO3.ClH/c;2-1(3)4;/h;;1H/q;-1;/p-1. The number of rotatable bonds is 0. The summed E-state index contributed by atoms with van der Waals surface area (Å²) >= 11 is 0. The molecule has 0 aromatic carbocycles. The van der Waals surface area contributed by atoms with Gasteiger partial charge in [-0.05, 0) is 0 Å². The number of hydrogen-bond acceptors (Lipinski definition) is 3. The normalized spacial score (nSPS) is 6.00. The summed E-state index contributed by atoms with van der Waals surface area (Å²) in [5.41, 5.74) is 0. The van der Waals surface area contributed by atoms with Crippen molar-refractivity contribution in [2.45, 2.75) is 0 Å². The fourth-order valence-electron chi connectivity index (χ4n) is 0. The van der Waals surface area contributed by atoms with Crippen LogP contribution in [0, 0.1) is 10.8 Å². The molecule has 1 radical (unpaired) electrons. The van der Waals surface area contributed by atoms with E-state index in [0.29, 0.717) is 0 Å². The summed E-state index contributed by atoms with van der Waals surface area (Å²) in [7, 11) is -2.85. The van der Waals surface area contributed by atoms with Crippen molar-refractivity contribution >= 4 is 0 Å². The van der Waals surface area contributed by atoms with Gasteiger partial charge in [0.15, 0.2) is 0 Å². The Morgan fingerprint density at radius 1 is 1.00 bits per heavy atom. The molecule has 0 saturated heterocycles. The third-order valence-electron chi connectivity index (χ3n) is 0. The largest absolute Gasteiger partial charge is 1.00 e. The maximum absolute atomic E-state index is 8.41. The second-order valence-corrected chi connectivity index (χ2v) is 0.567. The predicted octanol–water partition coefficient (Wildman–Crippen LogP) is -6.57. The minimum Gasteiger partial charge on any atom is -1.00 e. The van der Waals surface area contributed by atoms with E-state index >= 15 is 0 Å². The molecule has 0 unspecified atom stereocenters. The van der Waals surface area contributed by atoms with Crippen molar-refractivity contribution in [1.82, 2.24) is 0 Å². The molecule has 0 saturated carbocycles. The third-order valence-corrected chi connectivity index (χ3v) is 0. The predicted molar refractivity (Wildman–Crippen MR) is 0 cm³/mol. The van der Waals surface area contributed by atoms with Gasteiger partial charge in [0.25, 0.3) is 0 Å². The van der Waals surface area contributed by atoms with E-state index in [2.05, 4.69) is 0 Å². The number of halogens is 2. The van der Waals surface area contributed by atoms with Crippen LogP contribution in [0.5, 0.6) is 0 Å². The first-order valence-corrected chi connectivity index (χ1v) is 1.39. The van der Waals surface area contributed by atoms with Crippen LogP contribution >= 0.6 is 0 Å². The Balaban J connectivity index is -0.0000000450. The Hall–Kier alpha value is 1.20. The van der Waals surface area contributed by atoms with Crippen LogP contribution in [-0.4, -0.2) is 0 Å². The number of hydrogen-bond donors (Lipinski definition) is 0. The molecule has 0 N–H and O–H groups in total. The molecule has 0 heterocycles. The van der Waals surface area contributed by atoms with Crippen molar-refractivity contribution in [1.29, 1.82) is 0 Å². The molecular weight excluding hydrogens is 227 g/mol. The molecule has 0 amide bonds. The van der Waals surface area contributed by atoms with E-state index in [-0.39, 0.29) is 34.8 Å². The molecule has 0 aromatic heterocycles. The molecule has 0 atom stereocenters. The van der Waals surface area contributed by atoms with Crippen molar-refractivity contribution in [3.63, 3.8) is 0 Å². The fraction of sp³-hybridized carbons (Fsp3) is 0. The Morgan fingerprint density at radius 2 is 1.00 bits per heavy atom. The first-order chi connectivity index (χ1) is 1.73. The van der Waals surface area contributed by atoms with Crippen LogP contribution in [0.4, 0.5) is 0 Å². The summed E-state index contributed by atoms with van der Waals surface area (Å²) in [6, 6.07) is 0. The SMILES string of the molecule is [Ag].[Cl-].[O-][Cl+2]([O-])[O-]. The van der Waals surface area contributed by atoms with Gasteiger partial charge in [-0.15, -0.1) is 0 Å². The molecule has 0 fully saturated rings. The van der Waals surface area contributed by atoms with Crippen molar-refractivity contribution in [2.24, 2.45) is 0 Å².